The molecule has 0 aromatic heterocycles. The van der Waals surface area contributed by atoms with Gasteiger partial charge in [-0.3, -0.25) is 0 Å². The van der Waals surface area contributed by atoms with Crippen LogP contribution in [0.1, 0.15) is 13.3 Å². The zero-order valence-corrected chi connectivity index (χ0v) is 8.72. The fraction of sp³-hybridized carbons (Fsp3) is 0.455. The third kappa shape index (κ3) is 3.83. The van der Waals surface area contributed by atoms with Crippen molar-refractivity contribution < 1.29 is 13.5 Å². The van der Waals surface area contributed by atoms with Crippen molar-refractivity contribution in [2.24, 2.45) is 0 Å². The molecule has 0 atom stereocenters. The molecule has 0 spiro atoms. The second-order valence-electron chi connectivity index (χ2n) is 3.08. The van der Waals surface area contributed by atoms with Crippen molar-refractivity contribution in [1.82, 2.24) is 0 Å². The summed E-state index contributed by atoms with van der Waals surface area (Å²) in [5.74, 6) is -1.65. The van der Waals surface area contributed by atoms with E-state index in [1.807, 2.05) is 6.92 Å². The molecule has 4 heteroatoms. The Labute approximate surface area is 88.3 Å². The van der Waals surface area contributed by atoms with Crippen LogP contribution >= 0.6 is 0 Å². The molecule has 2 nitrogen and oxygen atoms in total. The second kappa shape index (κ2) is 6.35. The molecule has 0 heterocycles. The van der Waals surface area contributed by atoms with Crippen LogP contribution in [0.4, 0.5) is 14.5 Å². The van der Waals surface area contributed by atoms with E-state index in [-0.39, 0.29) is 5.69 Å². The van der Waals surface area contributed by atoms with Crippen molar-refractivity contribution >= 4 is 5.69 Å². The van der Waals surface area contributed by atoms with Crippen LogP contribution in [0.3, 0.4) is 0 Å². The summed E-state index contributed by atoms with van der Waals surface area (Å²) in [5, 5.41) is 2.82. The summed E-state index contributed by atoms with van der Waals surface area (Å²) >= 11 is 0. The number of nitrogens with one attached hydrogen (secondary N) is 1. The predicted octanol–water partition coefficient (Wildman–Crippen LogP) is 2.80. The summed E-state index contributed by atoms with van der Waals surface area (Å²) in [6.07, 6.45) is 0.768. The molecule has 0 unspecified atom stereocenters. The molecule has 1 aromatic rings. The highest BCUT2D eigenvalue weighted by Crippen LogP contribution is 2.16. The minimum absolute atomic E-state index is 0.200. The Morgan fingerprint density at radius 3 is 2.87 bits per heavy atom. The van der Waals surface area contributed by atoms with Crippen molar-refractivity contribution in [2.45, 2.75) is 13.3 Å². The zero-order chi connectivity index (χ0) is 11.1. The Bertz CT molecular complexity index is 305. The van der Waals surface area contributed by atoms with E-state index in [2.05, 4.69) is 5.32 Å². The first-order valence-corrected chi connectivity index (χ1v) is 5.01. The largest absolute Gasteiger partial charge is 0.383 e. The van der Waals surface area contributed by atoms with E-state index in [1.165, 1.54) is 12.1 Å². The van der Waals surface area contributed by atoms with Crippen LogP contribution in [-0.4, -0.2) is 19.8 Å². The van der Waals surface area contributed by atoms with E-state index in [1.54, 1.807) is 0 Å². The van der Waals surface area contributed by atoms with Gasteiger partial charge in [-0.05, 0) is 25.5 Å². The Morgan fingerprint density at radius 1 is 1.33 bits per heavy atom. The Hall–Kier alpha value is -1.16. The van der Waals surface area contributed by atoms with E-state index in [9.17, 15) is 8.78 Å². The Morgan fingerprint density at radius 2 is 2.13 bits per heavy atom. The molecule has 0 aliphatic carbocycles. The molecule has 0 saturated heterocycles. The van der Waals surface area contributed by atoms with Gasteiger partial charge in [0.05, 0.1) is 5.69 Å². The SMILES string of the molecule is CCOCCCNc1cccc(F)c1F. The summed E-state index contributed by atoms with van der Waals surface area (Å²) in [4.78, 5) is 0. The average Bonchev–Trinajstić information content (AvgIpc) is 2.24. The summed E-state index contributed by atoms with van der Waals surface area (Å²) < 4.78 is 31.0. The van der Waals surface area contributed by atoms with Gasteiger partial charge < -0.3 is 10.1 Å². The molecule has 1 N–H and O–H groups in total. The molecule has 0 aliphatic rings. The number of ether oxygens (including phenoxy) is 1. The quantitative estimate of drug-likeness (QED) is 0.737. The van der Waals surface area contributed by atoms with E-state index in [4.69, 9.17) is 4.74 Å². The highest BCUT2D eigenvalue weighted by molar-refractivity contribution is 5.44. The molecule has 0 radical (unpaired) electrons. The van der Waals surface area contributed by atoms with Crippen molar-refractivity contribution in [3.05, 3.63) is 29.8 Å². The maximum Gasteiger partial charge on any atom is 0.181 e. The Kier molecular flexibility index (Phi) is 5.04. The molecule has 0 saturated carbocycles. The summed E-state index contributed by atoms with van der Waals surface area (Å²) in [6, 6.07) is 4.09. The fourth-order valence-corrected chi connectivity index (χ4v) is 1.18. The maximum absolute atomic E-state index is 13.1. The first-order valence-electron chi connectivity index (χ1n) is 5.01. The molecule has 1 rings (SSSR count). The van der Waals surface area contributed by atoms with Gasteiger partial charge in [0.25, 0.3) is 0 Å². The number of hydrogen-bond donors (Lipinski definition) is 1. The van der Waals surface area contributed by atoms with Gasteiger partial charge in [0.15, 0.2) is 11.6 Å². The third-order valence-corrected chi connectivity index (χ3v) is 1.94. The van der Waals surface area contributed by atoms with Gasteiger partial charge in [-0.25, -0.2) is 8.78 Å². The predicted molar refractivity (Wildman–Crippen MR) is 56.0 cm³/mol. The average molecular weight is 215 g/mol. The van der Waals surface area contributed by atoms with Gasteiger partial charge in [-0.1, -0.05) is 6.07 Å². The van der Waals surface area contributed by atoms with Crippen LogP contribution in [0.25, 0.3) is 0 Å². The molecule has 0 aliphatic heterocycles. The minimum atomic E-state index is -0.829. The number of anilines is 1. The monoisotopic (exact) mass is 215 g/mol. The lowest BCUT2D eigenvalue weighted by Crippen LogP contribution is -2.07. The topological polar surface area (TPSA) is 21.3 Å². The summed E-state index contributed by atoms with van der Waals surface area (Å²) in [6.45, 7) is 3.79. The van der Waals surface area contributed by atoms with Crippen LogP contribution in [0, 0.1) is 11.6 Å². The molecule has 0 fully saturated rings. The molecular formula is C11H15F2NO. The van der Waals surface area contributed by atoms with Gasteiger partial charge in [0, 0.05) is 19.8 Å². The van der Waals surface area contributed by atoms with Crippen LogP contribution in [0.2, 0.25) is 0 Å². The van der Waals surface area contributed by atoms with Crippen molar-refractivity contribution in [1.29, 1.82) is 0 Å². The summed E-state index contributed by atoms with van der Waals surface area (Å²) in [5.41, 5.74) is 0.200. The maximum atomic E-state index is 13.1. The lowest BCUT2D eigenvalue weighted by molar-refractivity contribution is 0.147. The second-order valence-corrected chi connectivity index (χ2v) is 3.08. The van der Waals surface area contributed by atoms with Crippen LogP contribution in [0.15, 0.2) is 18.2 Å². The molecule has 1 aromatic carbocycles. The van der Waals surface area contributed by atoms with Crippen LogP contribution in [0.5, 0.6) is 0 Å². The summed E-state index contributed by atoms with van der Waals surface area (Å²) in [7, 11) is 0. The molecular weight excluding hydrogens is 200 g/mol. The number of benzene rings is 1. The first kappa shape index (κ1) is 11.9. The van der Waals surface area contributed by atoms with Crippen molar-refractivity contribution in [3.8, 4) is 0 Å². The minimum Gasteiger partial charge on any atom is -0.383 e. The van der Waals surface area contributed by atoms with E-state index < -0.39 is 11.6 Å². The van der Waals surface area contributed by atoms with E-state index >= 15 is 0 Å². The first-order chi connectivity index (χ1) is 7.25. The number of rotatable bonds is 6. The van der Waals surface area contributed by atoms with Crippen LogP contribution < -0.4 is 5.32 Å². The molecule has 15 heavy (non-hydrogen) atoms. The standard InChI is InChI=1S/C11H15F2NO/c1-2-15-8-4-7-14-10-6-3-5-9(12)11(10)13/h3,5-6,14H,2,4,7-8H2,1H3. The molecule has 0 bridgehead atoms. The third-order valence-electron chi connectivity index (χ3n) is 1.94. The van der Waals surface area contributed by atoms with Gasteiger partial charge in [0.2, 0.25) is 0 Å². The van der Waals surface area contributed by atoms with E-state index in [0.717, 1.165) is 12.5 Å². The smallest absolute Gasteiger partial charge is 0.181 e. The van der Waals surface area contributed by atoms with Crippen molar-refractivity contribution in [2.75, 3.05) is 25.1 Å². The van der Waals surface area contributed by atoms with Gasteiger partial charge in [0.1, 0.15) is 0 Å². The zero-order valence-electron chi connectivity index (χ0n) is 8.72. The number of halogens is 2. The normalized spacial score (nSPS) is 10.3. The van der Waals surface area contributed by atoms with E-state index in [0.29, 0.717) is 19.8 Å². The fourth-order valence-electron chi connectivity index (χ4n) is 1.18. The number of hydrogen-bond acceptors (Lipinski definition) is 2. The van der Waals surface area contributed by atoms with Gasteiger partial charge in [-0.15, -0.1) is 0 Å². The van der Waals surface area contributed by atoms with Gasteiger partial charge in [-0.2, -0.15) is 0 Å². The lowest BCUT2D eigenvalue weighted by atomic mass is 10.3. The molecule has 84 valence electrons. The van der Waals surface area contributed by atoms with Gasteiger partial charge >= 0.3 is 0 Å². The molecule has 0 amide bonds. The lowest BCUT2D eigenvalue weighted by Gasteiger charge is -2.07. The van der Waals surface area contributed by atoms with Crippen LogP contribution in [-0.2, 0) is 4.74 Å². The highest BCUT2D eigenvalue weighted by Gasteiger charge is 2.05. The van der Waals surface area contributed by atoms with Crippen molar-refractivity contribution in [3.63, 3.8) is 0 Å². The Balaban J connectivity index is 2.34. The highest BCUT2D eigenvalue weighted by atomic mass is 19.2.